The fourth-order valence-corrected chi connectivity index (χ4v) is 6.72. The van der Waals surface area contributed by atoms with Gasteiger partial charge in [0.25, 0.3) is 5.91 Å². The monoisotopic (exact) mass is 464 g/mol. The molecule has 2 heterocycles. The molecule has 5 nitrogen and oxygen atoms in total. The molecule has 0 aliphatic heterocycles. The molecule has 2 aromatic heterocycles. The normalized spacial score (nSPS) is 21.2. The van der Waals surface area contributed by atoms with Crippen molar-refractivity contribution in [2.24, 2.45) is 11.8 Å². The van der Waals surface area contributed by atoms with Crippen LogP contribution in [0.4, 0.5) is 0 Å². The van der Waals surface area contributed by atoms with Crippen molar-refractivity contribution in [3.8, 4) is 10.6 Å². The van der Waals surface area contributed by atoms with Crippen LogP contribution in [-0.4, -0.2) is 27.6 Å². The van der Waals surface area contributed by atoms with Crippen LogP contribution in [-0.2, 0) is 11.3 Å². The molecular formula is C27H32N2O3S. The molecule has 6 heteroatoms. The van der Waals surface area contributed by atoms with Gasteiger partial charge < -0.3 is 15.0 Å². The van der Waals surface area contributed by atoms with E-state index in [1.54, 1.807) is 11.3 Å². The Morgan fingerprint density at radius 1 is 1.09 bits per heavy atom. The number of aromatic nitrogens is 1. The number of hydrogen-bond donors (Lipinski definition) is 2. The molecule has 0 radical (unpaired) electrons. The number of carbonyl (C=O) groups excluding carboxylic acids is 1. The van der Waals surface area contributed by atoms with Gasteiger partial charge in [-0.15, -0.1) is 11.3 Å². The van der Waals surface area contributed by atoms with E-state index in [4.69, 9.17) is 5.11 Å². The van der Waals surface area contributed by atoms with Crippen LogP contribution in [0.2, 0.25) is 0 Å². The molecule has 2 aliphatic rings. The summed E-state index contributed by atoms with van der Waals surface area (Å²) >= 11 is 1.81. The summed E-state index contributed by atoms with van der Waals surface area (Å²) in [4.78, 5) is 26.9. The molecule has 2 fully saturated rings. The van der Waals surface area contributed by atoms with Crippen LogP contribution < -0.4 is 5.32 Å². The average molecular weight is 465 g/mol. The van der Waals surface area contributed by atoms with Gasteiger partial charge in [-0.05, 0) is 56.9 Å². The Bertz CT molecular complexity index is 1200. The van der Waals surface area contributed by atoms with Crippen molar-refractivity contribution in [1.29, 1.82) is 0 Å². The van der Waals surface area contributed by atoms with E-state index in [0.29, 0.717) is 18.8 Å². The first-order valence-corrected chi connectivity index (χ1v) is 13.0. The molecule has 5 rings (SSSR count). The zero-order valence-corrected chi connectivity index (χ0v) is 20.2. The van der Waals surface area contributed by atoms with Crippen LogP contribution in [0.25, 0.3) is 21.3 Å². The topological polar surface area (TPSA) is 71.3 Å². The van der Waals surface area contributed by atoms with Crippen molar-refractivity contribution in [2.75, 3.05) is 0 Å². The summed E-state index contributed by atoms with van der Waals surface area (Å²) in [5, 5.41) is 14.8. The lowest BCUT2D eigenvalue weighted by Gasteiger charge is -2.32. The van der Waals surface area contributed by atoms with Gasteiger partial charge in [-0.25, -0.2) is 0 Å². The van der Waals surface area contributed by atoms with Crippen LogP contribution in [0.15, 0.2) is 30.3 Å². The number of fused-ring (bicyclic) bond motifs is 1. The summed E-state index contributed by atoms with van der Waals surface area (Å²) < 4.78 is 2.38. The molecule has 1 amide bonds. The Balaban J connectivity index is 1.50. The Labute approximate surface area is 198 Å². The maximum Gasteiger partial charge on any atom is 0.306 e. The number of carboxylic acid groups (broad SMARTS) is 1. The highest BCUT2D eigenvalue weighted by molar-refractivity contribution is 7.17. The summed E-state index contributed by atoms with van der Waals surface area (Å²) in [5.74, 6) is -0.529. The molecule has 0 bridgehead atoms. The molecular weight excluding hydrogens is 432 g/mol. The molecule has 0 saturated heterocycles. The Hall–Kier alpha value is -2.60. The van der Waals surface area contributed by atoms with E-state index in [2.05, 4.69) is 54.1 Å². The third-order valence-electron chi connectivity index (χ3n) is 7.64. The van der Waals surface area contributed by atoms with Crippen molar-refractivity contribution < 1.29 is 14.7 Å². The van der Waals surface area contributed by atoms with Crippen molar-refractivity contribution in [3.63, 3.8) is 0 Å². The third kappa shape index (κ3) is 4.21. The minimum Gasteiger partial charge on any atom is -0.481 e. The first-order valence-electron chi connectivity index (χ1n) is 12.1. The van der Waals surface area contributed by atoms with E-state index in [-0.39, 0.29) is 17.9 Å². The number of carboxylic acids is 1. The van der Waals surface area contributed by atoms with E-state index in [1.165, 1.54) is 52.6 Å². The number of nitrogens with zero attached hydrogens (tertiary/aromatic N) is 1. The second-order valence-electron chi connectivity index (χ2n) is 9.85. The molecule has 174 valence electrons. The lowest BCUT2D eigenvalue weighted by molar-refractivity contribution is -0.145. The number of thiophene rings is 1. The van der Waals surface area contributed by atoms with Gasteiger partial charge in [0.2, 0.25) is 0 Å². The lowest BCUT2D eigenvalue weighted by atomic mass is 9.80. The SMILES string of the molecule is Cc1sc(-c2cc(C(=O)NC3CC(C(=O)O)C3)c(C)n2CC2CCCCC2)c2ccccc12. The molecule has 33 heavy (non-hydrogen) atoms. The van der Waals surface area contributed by atoms with Gasteiger partial charge in [-0.1, -0.05) is 43.5 Å². The van der Waals surface area contributed by atoms with Gasteiger partial charge in [0.1, 0.15) is 0 Å². The van der Waals surface area contributed by atoms with Gasteiger partial charge in [0, 0.05) is 28.5 Å². The second-order valence-corrected chi connectivity index (χ2v) is 11.1. The van der Waals surface area contributed by atoms with Crippen molar-refractivity contribution >= 4 is 34.0 Å². The van der Waals surface area contributed by atoms with Crippen LogP contribution in [0.1, 0.15) is 65.9 Å². The predicted octanol–water partition coefficient (Wildman–Crippen LogP) is 6.16. The average Bonchev–Trinajstić information content (AvgIpc) is 3.28. The quantitative estimate of drug-likeness (QED) is 0.459. The van der Waals surface area contributed by atoms with Crippen LogP contribution >= 0.6 is 11.3 Å². The molecule has 0 spiro atoms. The number of carbonyl (C=O) groups is 2. The Morgan fingerprint density at radius 3 is 2.48 bits per heavy atom. The summed E-state index contributed by atoms with van der Waals surface area (Å²) in [6, 6.07) is 10.5. The zero-order valence-electron chi connectivity index (χ0n) is 19.4. The fraction of sp³-hybridized carbons (Fsp3) is 0.481. The third-order valence-corrected chi connectivity index (χ3v) is 8.80. The summed E-state index contributed by atoms with van der Waals surface area (Å²) in [5.41, 5.74) is 2.86. The number of amides is 1. The van der Waals surface area contributed by atoms with E-state index < -0.39 is 5.97 Å². The van der Waals surface area contributed by atoms with E-state index in [1.807, 2.05) is 0 Å². The van der Waals surface area contributed by atoms with Crippen LogP contribution in [0, 0.1) is 25.7 Å². The van der Waals surface area contributed by atoms with Gasteiger partial charge in [0.05, 0.1) is 22.1 Å². The first-order chi connectivity index (χ1) is 15.9. The van der Waals surface area contributed by atoms with Crippen LogP contribution in [0.5, 0.6) is 0 Å². The Morgan fingerprint density at radius 2 is 1.79 bits per heavy atom. The van der Waals surface area contributed by atoms with Gasteiger partial charge in [0.15, 0.2) is 0 Å². The zero-order chi connectivity index (χ0) is 23.1. The highest BCUT2D eigenvalue weighted by Crippen LogP contribution is 2.41. The number of hydrogen-bond acceptors (Lipinski definition) is 3. The van der Waals surface area contributed by atoms with Gasteiger partial charge in [-0.3, -0.25) is 9.59 Å². The largest absolute Gasteiger partial charge is 0.481 e. The highest BCUT2D eigenvalue weighted by atomic mass is 32.1. The summed E-state index contributed by atoms with van der Waals surface area (Å²) in [7, 11) is 0. The molecule has 0 unspecified atom stereocenters. The van der Waals surface area contributed by atoms with Crippen LogP contribution in [0.3, 0.4) is 0 Å². The highest BCUT2D eigenvalue weighted by Gasteiger charge is 2.36. The number of nitrogens with one attached hydrogen (secondary N) is 1. The molecule has 2 N–H and O–H groups in total. The van der Waals surface area contributed by atoms with Crippen molar-refractivity contribution in [3.05, 3.63) is 46.5 Å². The van der Waals surface area contributed by atoms with Gasteiger partial charge in [-0.2, -0.15) is 0 Å². The second kappa shape index (κ2) is 8.98. The standard InChI is InChI=1S/C27H32N2O3S/c1-16-23(26(30)28-20-12-19(13-20)27(31)32)14-24(29(16)15-18-8-4-3-5-9-18)25-22-11-7-6-10-21(22)17(2)33-25/h6-7,10-11,14,18-20H,3-5,8-9,12-13,15H2,1-2H3,(H,28,30)(H,31,32). The van der Waals surface area contributed by atoms with Crippen molar-refractivity contribution in [1.82, 2.24) is 9.88 Å². The van der Waals surface area contributed by atoms with Gasteiger partial charge >= 0.3 is 5.97 Å². The number of benzene rings is 1. The number of aryl methyl sites for hydroxylation is 1. The molecule has 2 aliphatic carbocycles. The van der Waals surface area contributed by atoms with Crippen molar-refractivity contribution in [2.45, 2.75) is 71.4 Å². The number of rotatable bonds is 6. The molecule has 2 saturated carbocycles. The summed E-state index contributed by atoms with van der Waals surface area (Å²) in [6.45, 7) is 5.18. The number of aliphatic carboxylic acids is 1. The van der Waals surface area contributed by atoms with E-state index in [9.17, 15) is 9.59 Å². The van der Waals surface area contributed by atoms with E-state index in [0.717, 1.165) is 23.5 Å². The Kier molecular flexibility index (Phi) is 6.04. The maximum absolute atomic E-state index is 13.2. The lowest BCUT2D eigenvalue weighted by Crippen LogP contribution is -2.46. The fourth-order valence-electron chi connectivity index (χ4n) is 5.57. The smallest absolute Gasteiger partial charge is 0.306 e. The van der Waals surface area contributed by atoms with E-state index >= 15 is 0 Å². The minimum absolute atomic E-state index is 0.0482. The summed E-state index contributed by atoms with van der Waals surface area (Å²) in [6.07, 6.45) is 7.45. The first kappa shape index (κ1) is 22.2. The molecule has 1 aromatic carbocycles. The minimum atomic E-state index is -0.766. The molecule has 3 aromatic rings. The maximum atomic E-state index is 13.2. The predicted molar refractivity (Wildman–Crippen MR) is 133 cm³/mol. The molecule has 0 atom stereocenters.